The van der Waals surface area contributed by atoms with Crippen molar-refractivity contribution in [1.82, 2.24) is 0 Å². The summed E-state index contributed by atoms with van der Waals surface area (Å²) in [6.07, 6.45) is 11.9. The normalized spacial score (nSPS) is 13.4. The SMILES string of the molecule is CCCCCCCCCc1cccc2c1OCC2. The monoisotopic (exact) mass is 246 g/mol. The van der Waals surface area contributed by atoms with Gasteiger partial charge in [-0.1, -0.05) is 63.6 Å². The van der Waals surface area contributed by atoms with Crippen LogP contribution < -0.4 is 4.74 Å². The molecule has 1 aliphatic rings. The highest BCUT2D eigenvalue weighted by Crippen LogP contribution is 2.30. The van der Waals surface area contributed by atoms with E-state index in [0.717, 1.165) is 13.0 Å². The topological polar surface area (TPSA) is 9.23 Å². The van der Waals surface area contributed by atoms with E-state index in [1.807, 2.05) is 0 Å². The Morgan fingerprint density at radius 2 is 1.78 bits per heavy atom. The number of ether oxygens (including phenoxy) is 1. The maximum Gasteiger partial charge on any atom is 0.125 e. The molecule has 100 valence electrons. The summed E-state index contributed by atoms with van der Waals surface area (Å²) < 4.78 is 5.74. The summed E-state index contributed by atoms with van der Waals surface area (Å²) >= 11 is 0. The van der Waals surface area contributed by atoms with E-state index in [-0.39, 0.29) is 0 Å². The van der Waals surface area contributed by atoms with E-state index in [4.69, 9.17) is 4.74 Å². The highest BCUT2D eigenvalue weighted by molar-refractivity contribution is 5.43. The first-order chi connectivity index (χ1) is 8.92. The first-order valence-corrected chi connectivity index (χ1v) is 7.65. The van der Waals surface area contributed by atoms with Gasteiger partial charge in [-0.3, -0.25) is 0 Å². The number of benzene rings is 1. The summed E-state index contributed by atoms with van der Waals surface area (Å²) in [6, 6.07) is 6.63. The summed E-state index contributed by atoms with van der Waals surface area (Å²) in [7, 11) is 0. The molecule has 0 aliphatic carbocycles. The maximum atomic E-state index is 5.74. The molecule has 0 aromatic heterocycles. The van der Waals surface area contributed by atoms with Gasteiger partial charge in [0, 0.05) is 6.42 Å². The van der Waals surface area contributed by atoms with Crippen molar-refractivity contribution in [3.05, 3.63) is 29.3 Å². The average molecular weight is 246 g/mol. The zero-order valence-corrected chi connectivity index (χ0v) is 11.7. The number of fused-ring (bicyclic) bond motifs is 1. The second kappa shape index (κ2) is 7.45. The van der Waals surface area contributed by atoms with Gasteiger partial charge >= 0.3 is 0 Å². The first-order valence-electron chi connectivity index (χ1n) is 7.65. The summed E-state index contributed by atoms with van der Waals surface area (Å²) in [5.74, 6) is 1.20. The molecular weight excluding hydrogens is 220 g/mol. The predicted octanol–water partition coefficient (Wildman–Crippen LogP) is 4.91. The third-order valence-electron chi connectivity index (χ3n) is 3.85. The lowest BCUT2D eigenvalue weighted by molar-refractivity contribution is 0.353. The molecule has 0 spiro atoms. The lowest BCUT2D eigenvalue weighted by atomic mass is 10.0. The van der Waals surface area contributed by atoms with Crippen LogP contribution in [0.3, 0.4) is 0 Å². The lowest BCUT2D eigenvalue weighted by Gasteiger charge is -2.07. The standard InChI is InChI=1S/C17H26O/c1-2-3-4-5-6-7-8-10-15-11-9-12-16-13-14-18-17(15)16/h9,11-12H,2-8,10,13-14H2,1H3. The smallest absolute Gasteiger partial charge is 0.125 e. The molecule has 0 fully saturated rings. The Kier molecular flexibility index (Phi) is 5.57. The van der Waals surface area contributed by atoms with E-state index in [1.54, 1.807) is 0 Å². The van der Waals surface area contributed by atoms with Gasteiger partial charge in [0.25, 0.3) is 0 Å². The van der Waals surface area contributed by atoms with Crippen LogP contribution in [0.4, 0.5) is 0 Å². The summed E-state index contributed by atoms with van der Waals surface area (Å²) in [4.78, 5) is 0. The molecule has 0 unspecified atom stereocenters. The van der Waals surface area contributed by atoms with Crippen LogP contribution in [0.5, 0.6) is 5.75 Å². The molecule has 0 radical (unpaired) electrons. The Labute approximate surface area is 112 Å². The third kappa shape index (κ3) is 3.76. The molecule has 0 atom stereocenters. The Balaban J connectivity index is 1.66. The molecule has 0 bridgehead atoms. The minimum Gasteiger partial charge on any atom is -0.493 e. The number of hydrogen-bond acceptors (Lipinski definition) is 1. The fraction of sp³-hybridized carbons (Fsp3) is 0.647. The minimum absolute atomic E-state index is 0.878. The Morgan fingerprint density at radius 3 is 2.61 bits per heavy atom. The zero-order chi connectivity index (χ0) is 12.6. The molecule has 1 heteroatoms. The molecular formula is C17H26O. The molecule has 1 heterocycles. The van der Waals surface area contributed by atoms with E-state index in [0.29, 0.717) is 0 Å². The van der Waals surface area contributed by atoms with Crippen LogP contribution in [0.25, 0.3) is 0 Å². The van der Waals surface area contributed by atoms with E-state index in [1.165, 1.54) is 68.2 Å². The van der Waals surface area contributed by atoms with Crippen molar-refractivity contribution in [3.8, 4) is 5.75 Å². The van der Waals surface area contributed by atoms with Crippen LogP contribution in [-0.2, 0) is 12.8 Å². The van der Waals surface area contributed by atoms with Crippen molar-refractivity contribution in [2.45, 2.75) is 64.7 Å². The number of unbranched alkanes of at least 4 members (excludes halogenated alkanes) is 6. The van der Waals surface area contributed by atoms with Gasteiger partial charge in [0.2, 0.25) is 0 Å². The molecule has 1 aromatic carbocycles. The van der Waals surface area contributed by atoms with E-state index < -0.39 is 0 Å². The van der Waals surface area contributed by atoms with Gasteiger partial charge in [-0.05, 0) is 24.0 Å². The van der Waals surface area contributed by atoms with Crippen LogP contribution in [0.2, 0.25) is 0 Å². The minimum atomic E-state index is 0.878. The van der Waals surface area contributed by atoms with Gasteiger partial charge in [0.05, 0.1) is 6.61 Å². The highest BCUT2D eigenvalue weighted by Gasteiger charge is 2.14. The molecule has 2 rings (SSSR count). The average Bonchev–Trinajstić information content (AvgIpc) is 2.86. The lowest BCUT2D eigenvalue weighted by Crippen LogP contribution is -1.92. The van der Waals surface area contributed by atoms with Crippen LogP contribution in [0.15, 0.2) is 18.2 Å². The molecule has 1 nitrogen and oxygen atoms in total. The first kappa shape index (κ1) is 13.5. The fourth-order valence-electron chi connectivity index (χ4n) is 2.75. The maximum absolute atomic E-state index is 5.74. The summed E-state index contributed by atoms with van der Waals surface area (Å²) in [5, 5.41) is 0. The van der Waals surface area contributed by atoms with Crippen molar-refractivity contribution in [3.63, 3.8) is 0 Å². The fourth-order valence-corrected chi connectivity index (χ4v) is 2.75. The molecule has 0 saturated carbocycles. The largest absolute Gasteiger partial charge is 0.493 e. The van der Waals surface area contributed by atoms with Crippen molar-refractivity contribution in [2.24, 2.45) is 0 Å². The Hall–Kier alpha value is -0.980. The van der Waals surface area contributed by atoms with Crippen LogP contribution in [0, 0.1) is 0 Å². The van der Waals surface area contributed by atoms with Crippen LogP contribution in [-0.4, -0.2) is 6.61 Å². The zero-order valence-electron chi connectivity index (χ0n) is 11.7. The van der Waals surface area contributed by atoms with Crippen LogP contribution in [0.1, 0.15) is 63.0 Å². The van der Waals surface area contributed by atoms with E-state index in [9.17, 15) is 0 Å². The van der Waals surface area contributed by atoms with E-state index in [2.05, 4.69) is 25.1 Å². The number of hydrogen-bond donors (Lipinski definition) is 0. The highest BCUT2D eigenvalue weighted by atomic mass is 16.5. The molecule has 0 saturated heterocycles. The van der Waals surface area contributed by atoms with E-state index >= 15 is 0 Å². The molecule has 18 heavy (non-hydrogen) atoms. The third-order valence-corrected chi connectivity index (χ3v) is 3.85. The molecule has 0 amide bonds. The van der Waals surface area contributed by atoms with Crippen molar-refractivity contribution < 1.29 is 4.74 Å². The second-order valence-electron chi connectivity index (χ2n) is 5.38. The molecule has 1 aromatic rings. The summed E-state index contributed by atoms with van der Waals surface area (Å²) in [6.45, 7) is 3.15. The van der Waals surface area contributed by atoms with Crippen molar-refractivity contribution in [2.75, 3.05) is 6.61 Å². The Morgan fingerprint density at radius 1 is 1.00 bits per heavy atom. The number of aryl methyl sites for hydroxylation is 1. The van der Waals surface area contributed by atoms with Gasteiger partial charge < -0.3 is 4.74 Å². The van der Waals surface area contributed by atoms with Crippen molar-refractivity contribution >= 4 is 0 Å². The number of rotatable bonds is 8. The second-order valence-corrected chi connectivity index (χ2v) is 5.38. The van der Waals surface area contributed by atoms with Gasteiger partial charge in [-0.25, -0.2) is 0 Å². The van der Waals surface area contributed by atoms with Gasteiger partial charge in [-0.2, -0.15) is 0 Å². The number of para-hydroxylation sites is 1. The van der Waals surface area contributed by atoms with Crippen molar-refractivity contribution in [1.29, 1.82) is 0 Å². The molecule has 1 aliphatic heterocycles. The quantitative estimate of drug-likeness (QED) is 0.592. The van der Waals surface area contributed by atoms with Gasteiger partial charge in [0.1, 0.15) is 5.75 Å². The summed E-state index contributed by atoms with van der Waals surface area (Å²) in [5.41, 5.74) is 2.84. The van der Waals surface area contributed by atoms with Crippen LogP contribution >= 0.6 is 0 Å². The predicted molar refractivity (Wildman–Crippen MR) is 77.3 cm³/mol. The van der Waals surface area contributed by atoms with Gasteiger partial charge in [0.15, 0.2) is 0 Å². The Bertz CT molecular complexity index is 357. The molecule has 0 N–H and O–H groups in total. The van der Waals surface area contributed by atoms with Gasteiger partial charge in [-0.15, -0.1) is 0 Å².